The maximum absolute atomic E-state index is 9.66. The van der Waals surface area contributed by atoms with Gasteiger partial charge in [-0.15, -0.1) is 11.3 Å². The Bertz CT molecular complexity index is 750. The number of aliphatic hydroxyl groups excluding tert-OH is 1. The average molecular weight is 322 g/mol. The number of anilines is 1. The third-order valence-electron chi connectivity index (χ3n) is 3.76. The topological polar surface area (TPSA) is 40.8 Å². The largest absolute Gasteiger partial charge is 0.390 e. The Morgan fingerprint density at radius 2 is 2.10 bits per heavy atom. The van der Waals surface area contributed by atoms with E-state index in [9.17, 15) is 5.11 Å². The van der Waals surface area contributed by atoms with Crippen LogP contribution < -0.4 is 4.90 Å². The minimum Gasteiger partial charge on any atom is -0.390 e. The lowest BCUT2D eigenvalue weighted by molar-refractivity contribution is 0.276. The van der Waals surface area contributed by atoms with Crippen LogP contribution in [0.4, 0.5) is 5.82 Å². The number of imidazole rings is 1. The van der Waals surface area contributed by atoms with Gasteiger partial charge in [0.15, 0.2) is 10.8 Å². The zero-order valence-corrected chi connectivity index (χ0v) is 13.4. The average Bonchev–Trinajstić information content (AvgIpc) is 3.06. The molecule has 110 valence electrons. The molecule has 0 amide bonds. The number of hydrogen-bond acceptors (Lipinski definition) is 4. The van der Waals surface area contributed by atoms with Gasteiger partial charge in [-0.3, -0.25) is 4.40 Å². The minimum absolute atomic E-state index is 0.0368. The fourth-order valence-corrected chi connectivity index (χ4v) is 3.25. The summed E-state index contributed by atoms with van der Waals surface area (Å²) < 4.78 is 1.94. The lowest BCUT2D eigenvalue weighted by Gasteiger charge is -2.26. The fraction of sp³-hybridized carbons (Fsp3) is 0.267. The van der Waals surface area contributed by atoms with Crippen molar-refractivity contribution in [3.63, 3.8) is 0 Å². The molecular weight excluding hydrogens is 306 g/mol. The van der Waals surface area contributed by atoms with Crippen LogP contribution >= 0.6 is 22.9 Å². The number of rotatable bonds is 4. The molecular formula is C15H16ClN3OS. The van der Waals surface area contributed by atoms with Crippen molar-refractivity contribution in [3.05, 3.63) is 52.1 Å². The predicted molar refractivity (Wildman–Crippen MR) is 87.3 cm³/mol. The normalized spacial score (nSPS) is 12.8. The van der Waals surface area contributed by atoms with Crippen molar-refractivity contribution in [1.29, 1.82) is 0 Å². The molecule has 21 heavy (non-hydrogen) atoms. The summed E-state index contributed by atoms with van der Waals surface area (Å²) in [5.41, 5.74) is 1.97. The van der Waals surface area contributed by atoms with Crippen molar-refractivity contribution in [2.75, 3.05) is 11.9 Å². The summed E-state index contributed by atoms with van der Waals surface area (Å²) in [7, 11) is 1.99. The van der Waals surface area contributed by atoms with E-state index < -0.39 is 0 Å². The molecule has 4 nitrogen and oxygen atoms in total. The van der Waals surface area contributed by atoms with Gasteiger partial charge < -0.3 is 10.0 Å². The molecule has 1 atom stereocenters. The quantitative estimate of drug-likeness (QED) is 0.796. The zero-order valence-electron chi connectivity index (χ0n) is 11.8. The van der Waals surface area contributed by atoms with Gasteiger partial charge in [0.25, 0.3) is 0 Å². The molecule has 3 aromatic rings. The van der Waals surface area contributed by atoms with Crippen molar-refractivity contribution >= 4 is 33.7 Å². The molecule has 1 aromatic carbocycles. The highest BCUT2D eigenvalue weighted by atomic mass is 35.5. The fourth-order valence-electron chi connectivity index (χ4n) is 2.40. The van der Waals surface area contributed by atoms with Crippen LogP contribution in [0.5, 0.6) is 0 Å². The maximum atomic E-state index is 9.66. The Hall–Kier alpha value is -1.56. The molecule has 6 heteroatoms. The van der Waals surface area contributed by atoms with Crippen LogP contribution in [0, 0.1) is 0 Å². The van der Waals surface area contributed by atoms with E-state index in [4.69, 9.17) is 11.6 Å². The molecule has 0 saturated heterocycles. The van der Waals surface area contributed by atoms with Crippen LogP contribution in [-0.4, -0.2) is 21.5 Å². The number of benzene rings is 1. The highest BCUT2D eigenvalue weighted by Crippen LogP contribution is 2.30. The SMILES string of the molecule is CC(c1ccc(Cl)cc1)N(C)c1nc2sccn2c1CO. The summed E-state index contributed by atoms with van der Waals surface area (Å²) in [6.45, 7) is 2.07. The summed E-state index contributed by atoms with van der Waals surface area (Å²) in [4.78, 5) is 7.60. The smallest absolute Gasteiger partial charge is 0.195 e. The second kappa shape index (κ2) is 5.67. The molecule has 2 aromatic heterocycles. The Morgan fingerprint density at radius 3 is 2.76 bits per heavy atom. The second-order valence-electron chi connectivity index (χ2n) is 4.93. The predicted octanol–water partition coefficient (Wildman–Crippen LogP) is 3.74. The molecule has 0 aliphatic heterocycles. The molecule has 0 aliphatic carbocycles. The second-order valence-corrected chi connectivity index (χ2v) is 6.24. The zero-order chi connectivity index (χ0) is 15.0. The summed E-state index contributed by atoms with van der Waals surface area (Å²) in [5.74, 6) is 0.812. The third-order valence-corrected chi connectivity index (χ3v) is 4.77. The van der Waals surface area contributed by atoms with Crippen LogP contribution in [-0.2, 0) is 6.61 Å². The molecule has 1 N–H and O–H groups in total. The van der Waals surface area contributed by atoms with E-state index in [1.54, 1.807) is 11.3 Å². The van der Waals surface area contributed by atoms with Gasteiger partial charge in [0.1, 0.15) is 0 Å². The number of fused-ring (bicyclic) bond motifs is 1. The maximum Gasteiger partial charge on any atom is 0.195 e. The van der Waals surface area contributed by atoms with Gasteiger partial charge in [-0.1, -0.05) is 23.7 Å². The van der Waals surface area contributed by atoms with Crippen LogP contribution in [0.2, 0.25) is 5.02 Å². The number of nitrogens with zero attached hydrogens (tertiary/aromatic N) is 3. The number of halogens is 1. The van der Waals surface area contributed by atoms with E-state index in [2.05, 4.69) is 16.8 Å². The number of aliphatic hydroxyl groups is 1. The molecule has 0 bridgehead atoms. The lowest BCUT2D eigenvalue weighted by atomic mass is 10.1. The molecule has 1 unspecified atom stereocenters. The van der Waals surface area contributed by atoms with E-state index >= 15 is 0 Å². The first kappa shape index (κ1) is 14.4. The van der Waals surface area contributed by atoms with Gasteiger partial charge in [0.2, 0.25) is 0 Å². The van der Waals surface area contributed by atoms with Gasteiger partial charge in [-0.05, 0) is 24.6 Å². The highest BCUT2D eigenvalue weighted by Gasteiger charge is 2.20. The van der Waals surface area contributed by atoms with E-state index in [1.165, 1.54) is 0 Å². The number of aromatic nitrogens is 2. The van der Waals surface area contributed by atoms with Crippen molar-refractivity contribution < 1.29 is 5.11 Å². The monoisotopic (exact) mass is 321 g/mol. The van der Waals surface area contributed by atoms with Gasteiger partial charge in [-0.25, -0.2) is 4.98 Å². The summed E-state index contributed by atoms with van der Waals surface area (Å²) in [6, 6.07) is 7.94. The first-order chi connectivity index (χ1) is 10.1. The Morgan fingerprint density at radius 1 is 1.38 bits per heavy atom. The van der Waals surface area contributed by atoms with Crippen LogP contribution in [0.25, 0.3) is 4.96 Å². The molecule has 0 spiro atoms. The van der Waals surface area contributed by atoms with E-state index in [1.807, 2.05) is 47.3 Å². The van der Waals surface area contributed by atoms with E-state index in [0.717, 1.165) is 27.1 Å². The van der Waals surface area contributed by atoms with Crippen molar-refractivity contribution in [2.45, 2.75) is 19.6 Å². The molecule has 0 radical (unpaired) electrons. The van der Waals surface area contributed by atoms with Crippen molar-refractivity contribution in [3.8, 4) is 0 Å². The number of thiazole rings is 1. The van der Waals surface area contributed by atoms with Gasteiger partial charge in [0.05, 0.1) is 18.3 Å². The van der Waals surface area contributed by atoms with Crippen LogP contribution in [0.1, 0.15) is 24.2 Å². The van der Waals surface area contributed by atoms with Crippen LogP contribution in [0.3, 0.4) is 0 Å². The summed E-state index contributed by atoms with van der Waals surface area (Å²) in [6.07, 6.45) is 1.93. The summed E-state index contributed by atoms with van der Waals surface area (Å²) >= 11 is 7.50. The lowest BCUT2D eigenvalue weighted by Crippen LogP contribution is -2.23. The third kappa shape index (κ3) is 2.52. The first-order valence-electron chi connectivity index (χ1n) is 6.65. The van der Waals surface area contributed by atoms with E-state index in [0.29, 0.717) is 0 Å². The first-order valence-corrected chi connectivity index (χ1v) is 7.91. The van der Waals surface area contributed by atoms with Gasteiger partial charge in [-0.2, -0.15) is 0 Å². The Kier molecular flexibility index (Phi) is 3.89. The summed E-state index contributed by atoms with van der Waals surface area (Å²) in [5, 5.41) is 12.4. The molecule has 2 heterocycles. The Labute approximate surface area is 132 Å². The molecule has 0 fully saturated rings. The molecule has 3 rings (SSSR count). The van der Waals surface area contributed by atoms with Gasteiger partial charge in [0, 0.05) is 23.6 Å². The molecule has 0 saturated carbocycles. The highest BCUT2D eigenvalue weighted by molar-refractivity contribution is 7.15. The molecule has 0 aliphatic rings. The van der Waals surface area contributed by atoms with E-state index in [-0.39, 0.29) is 12.6 Å². The van der Waals surface area contributed by atoms with Crippen LogP contribution in [0.15, 0.2) is 35.8 Å². The van der Waals surface area contributed by atoms with Crippen molar-refractivity contribution in [2.24, 2.45) is 0 Å². The number of hydrogen-bond donors (Lipinski definition) is 1. The standard InChI is InChI=1S/C15H16ClN3OS/c1-10(11-3-5-12(16)6-4-11)18(2)14-13(9-20)19-7-8-21-15(19)17-14/h3-8,10,20H,9H2,1-2H3. The van der Waals surface area contributed by atoms with Crippen molar-refractivity contribution in [1.82, 2.24) is 9.38 Å². The Balaban J connectivity index is 1.97. The van der Waals surface area contributed by atoms with Gasteiger partial charge >= 0.3 is 0 Å². The minimum atomic E-state index is -0.0368.